The molecule has 29 heavy (non-hydrogen) atoms. The molecule has 0 unspecified atom stereocenters. The summed E-state index contributed by atoms with van der Waals surface area (Å²) in [7, 11) is 0. The molecule has 0 aliphatic heterocycles. The van der Waals surface area contributed by atoms with Crippen LogP contribution in [0.4, 0.5) is 13.2 Å². The zero-order chi connectivity index (χ0) is 20.6. The van der Waals surface area contributed by atoms with Gasteiger partial charge in [0.05, 0.1) is 26.4 Å². The quantitative estimate of drug-likeness (QED) is 0.320. The van der Waals surface area contributed by atoms with Crippen molar-refractivity contribution < 1.29 is 17.6 Å². The SMILES string of the molecule is N#C/C(=C\c1ccc(-c2cc(C(F)(F)F)ccc2Cl)o1)c1nc2ccccc2s1. The van der Waals surface area contributed by atoms with Crippen LogP contribution in [0.15, 0.2) is 59.0 Å². The van der Waals surface area contributed by atoms with Gasteiger partial charge in [0.15, 0.2) is 0 Å². The van der Waals surface area contributed by atoms with Crippen molar-refractivity contribution in [1.29, 1.82) is 5.26 Å². The van der Waals surface area contributed by atoms with E-state index in [1.807, 2.05) is 24.3 Å². The molecule has 3 nitrogen and oxygen atoms in total. The number of halogens is 4. The molecule has 0 radical (unpaired) electrons. The maximum Gasteiger partial charge on any atom is 0.416 e. The maximum absolute atomic E-state index is 13.0. The van der Waals surface area contributed by atoms with Gasteiger partial charge >= 0.3 is 6.18 Å². The first-order valence-electron chi connectivity index (χ1n) is 8.30. The first-order chi connectivity index (χ1) is 13.8. The van der Waals surface area contributed by atoms with Crippen molar-refractivity contribution in [3.63, 3.8) is 0 Å². The summed E-state index contributed by atoms with van der Waals surface area (Å²) < 4.78 is 45.6. The van der Waals surface area contributed by atoms with E-state index in [0.29, 0.717) is 16.3 Å². The number of furan rings is 1. The van der Waals surface area contributed by atoms with Gasteiger partial charge in [0.25, 0.3) is 0 Å². The van der Waals surface area contributed by atoms with Gasteiger partial charge in [0, 0.05) is 11.6 Å². The molecule has 144 valence electrons. The van der Waals surface area contributed by atoms with Gasteiger partial charge < -0.3 is 4.42 Å². The number of alkyl halides is 3. The van der Waals surface area contributed by atoms with E-state index in [4.69, 9.17) is 16.0 Å². The molecule has 8 heteroatoms. The molecule has 0 bridgehead atoms. The topological polar surface area (TPSA) is 49.8 Å². The molecular formula is C21H10ClF3N2OS. The average molecular weight is 431 g/mol. The Morgan fingerprint density at radius 1 is 1.14 bits per heavy atom. The standard InChI is InChI=1S/C21H10ClF3N2OS/c22-16-7-5-13(21(23,24)25)10-15(16)18-8-6-14(28-18)9-12(11-26)20-27-17-3-1-2-4-19(17)29-20/h1-10H/b12-9+. The van der Waals surface area contributed by atoms with Gasteiger partial charge in [-0.2, -0.15) is 18.4 Å². The van der Waals surface area contributed by atoms with Crippen LogP contribution in [0.5, 0.6) is 0 Å². The van der Waals surface area contributed by atoms with Crippen LogP contribution in [-0.2, 0) is 6.18 Å². The first-order valence-corrected chi connectivity index (χ1v) is 9.49. The number of thiazole rings is 1. The third kappa shape index (κ3) is 3.90. The third-order valence-electron chi connectivity index (χ3n) is 4.12. The van der Waals surface area contributed by atoms with E-state index < -0.39 is 11.7 Å². The lowest BCUT2D eigenvalue weighted by Gasteiger charge is -2.09. The summed E-state index contributed by atoms with van der Waals surface area (Å²) in [6, 6.07) is 15.7. The molecule has 2 heterocycles. The Morgan fingerprint density at radius 2 is 1.93 bits per heavy atom. The summed E-state index contributed by atoms with van der Waals surface area (Å²) >= 11 is 7.43. The number of hydrogen-bond acceptors (Lipinski definition) is 4. The molecule has 0 saturated heterocycles. The molecule has 0 aliphatic rings. The van der Waals surface area contributed by atoms with Crippen molar-refractivity contribution >= 4 is 44.8 Å². The molecule has 0 saturated carbocycles. The largest absolute Gasteiger partial charge is 0.457 e. The zero-order valence-corrected chi connectivity index (χ0v) is 16.1. The summed E-state index contributed by atoms with van der Waals surface area (Å²) in [6.45, 7) is 0. The summed E-state index contributed by atoms with van der Waals surface area (Å²) in [5, 5.41) is 10.2. The fourth-order valence-electron chi connectivity index (χ4n) is 2.74. The number of fused-ring (bicyclic) bond motifs is 1. The van der Waals surface area contributed by atoms with E-state index in [2.05, 4.69) is 11.1 Å². The van der Waals surface area contributed by atoms with Crippen molar-refractivity contribution in [1.82, 2.24) is 4.98 Å². The number of hydrogen-bond donors (Lipinski definition) is 0. The Hall–Kier alpha value is -3.08. The van der Waals surface area contributed by atoms with Gasteiger partial charge in [-0.3, -0.25) is 0 Å². The van der Waals surface area contributed by atoms with Crippen molar-refractivity contribution in [3.05, 3.63) is 76.0 Å². The molecule has 0 fully saturated rings. The summed E-state index contributed by atoms with van der Waals surface area (Å²) in [4.78, 5) is 4.44. The molecule has 4 aromatic rings. The number of allylic oxidation sites excluding steroid dienone is 1. The predicted octanol–water partition coefficient (Wildman–Crippen LogP) is 7.29. The lowest BCUT2D eigenvalue weighted by atomic mass is 10.1. The van der Waals surface area contributed by atoms with Gasteiger partial charge in [-0.25, -0.2) is 4.98 Å². The zero-order valence-electron chi connectivity index (χ0n) is 14.5. The van der Waals surface area contributed by atoms with Crippen molar-refractivity contribution in [2.75, 3.05) is 0 Å². The highest BCUT2D eigenvalue weighted by Crippen LogP contribution is 2.37. The van der Waals surface area contributed by atoms with Crippen LogP contribution in [0.1, 0.15) is 16.3 Å². The van der Waals surface area contributed by atoms with E-state index in [-0.39, 0.29) is 16.3 Å². The van der Waals surface area contributed by atoms with Crippen LogP contribution >= 0.6 is 22.9 Å². The molecule has 0 amide bonds. The Kier molecular flexibility index (Phi) is 4.91. The van der Waals surface area contributed by atoms with Gasteiger partial charge in [0.2, 0.25) is 0 Å². The van der Waals surface area contributed by atoms with Gasteiger partial charge in [-0.1, -0.05) is 23.7 Å². The van der Waals surface area contributed by atoms with Crippen LogP contribution in [0.25, 0.3) is 33.2 Å². The van der Waals surface area contributed by atoms with Crippen LogP contribution in [-0.4, -0.2) is 4.98 Å². The number of para-hydroxylation sites is 1. The van der Waals surface area contributed by atoms with E-state index >= 15 is 0 Å². The van der Waals surface area contributed by atoms with Crippen LogP contribution in [0.2, 0.25) is 5.02 Å². The molecule has 0 spiro atoms. The van der Waals surface area contributed by atoms with E-state index in [1.165, 1.54) is 29.5 Å². The molecule has 0 aliphatic carbocycles. The second-order valence-electron chi connectivity index (χ2n) is 6.05. The highest BCUT2D eigenvalue weighted by Gasteiger charge is 2.31. The Bertz CT molecular complexity index is 1250. The average Bonchev–Trinajstić information content (AvgIpc) is 3.32. The minimum Gasteiger partial charge on any atom is -0.457 e. The van der Waals surface area contributed by atoms with E-state index in [9.17, 15) is 18.4 Å². The number of benzene rings is 2. The summed E-state index contributed by atoms with van der Waals surface area (Å²) in [5.74, 6) is 0.484. The van der Waals surface area contributed by atoms with Crippen molar-refractivity contribution in [3.8, 4) is 17.4 Å². The molecule has 2 aromatic carbocycles. The monoisotopic (exact) mass is 430 g/mol. The van der Waals surface area contributed by atoms with Crippen LogP contribution in [0.3, 0.4) is 0 Å². The van der Waals surface area contributed by atoms with Crippen molar-refractivity contribution in [2.45, 2.75) is 6.18 Å². The minimum atomic E-state index is -4.49. The number of nitrogens with zero attached hydrogens (tertiary/aromatic N) is 2. The highest BCUT2D eigenvalue weighted by atomic mass is 35.5. The summed E-state index contributed by atoms with van der Waals surface area (Å²) in [6.07, 6.45) is -2.99. The fraction of sp³-hybridized carbons (Fsp3) is 0.0476. The van der Waals surface area contributed by atoms with E-state index in [0.717, 1.165) is 22.3 Å². The normalized spacial score (nSPS) is 12.3. The second kappa shape index (κ2) is 7.39. The lowest BCUT2D eigenvalue weighted by molar-refractivity contribution is -0.137. The maximum atomic E-state index is 13.0. The Morgan fingerprint density at radius 3 is 2.66 bits per heavy atom. The highest BCUT2D eigenvalue weighted by molar-refractivity contribution is 7.19. The predicted molar refractivity (Wildman–Crippen MR) is 107 cm³/mol. The van der Waals surface area contributed by atoms with Crippen LogP contribution in [0, 0.1) is 11.3 Å². The second-order valence-corrected chi connectivity index (χ2v) is 7.49. The number of rotatable bonds is 3. The first kappa shape index (κ1) is 19.2. The van der Waals surface area contributed by atoms with Crippen molar-refractivity contribution in [2.24, 2.45) is 0 Å². The smallest absolute Gasteiger partial charge is 0.416 e. The molecule has 0 N–H and O–H groups in total. The lowest BCUT2D eigenvalue weighted by Crippen LogP contribution is -2.04. The Labute approximate surface area is 172 Å². The molecular weight excluding hydrogens is 421 g/mol. The molecule has 2 aromatic heterocycles. The van der Waals surface area contributed by atoms with Gasteiger partial charge in [-0.15, -0.1) is 11.3 Å². The van der Waals surface area contributed by atoms with Gasteiger partial charge in [-0.05, 0) is 42.5 Å². The molecule has 0 atom stereocenters. The summed E-state index contributed by atoms with van der Waals surface area (Å²) in [5.41, 5.74) is 0.379. The third-order valence-corrected chi connectivity index (χ3v) is 5.52. The molecule has 4 rings (SSSR count). The fourth-order valence-corrected chi connectivity index (χ4v) is 3.88. The van der Waals surface area contributed by atoms with E-state index in [1.54, 1.807) is 6.07 Å². The minimum absolute atomic E-state index is 0.125. The Balaban J connectivity index is 1.71. The van der Waals surface area contributed by atoms with Gasteiger partial charge in [0.1, 0.15) is 22.6 Å². The van der Waals surface area contributed by atoms with Crippen LogP contribution < -0.4 is 0 Å². The number of aromatic nitrogens is 1. The number of nitriles is 1.